The predicted molar refractivity (Wildman–Crippen MR) is 119 cm³/mol. The Morgan fingerprint density at radius 2 is 1.88 bits per heavy atom. The summed E-state index contributed by atoms with van der Waals surface area (Å²) in [5.74, 6) is 0. The van der Waals surface area contributed by atoms with Crippen LogP contribution in [0.4, 0.5) is 22.8 Å². The number of methoxy groups -OCH3 is 1. The van der Waals surface area contributed by atoms with Crippen LogP contribution in [0, 0.1) is 0 Å². The van der Waals surface area contributed by atoms with E-state index >= 15 is 0 Å². The molecule has 1 fully saturated rings. The van der Waals surface area contributed by atoms with Gasteiger partial charge in [-0.15, -0.1) is 0 Å². The quantitative estimate of drug-likeness (QED) is 0.445. The predicted octanol–water partition coefficient (Wildman–Crippen LogP) is 5.67. The lowest BCUT2D eigenvalue weighted by atomic mass is 9.87. The van der Waals surface area contributed by atoms with Crippen LogP contribution in [0.2, 0.25) is 5.02 Å². The van der Waals surface area contributed by atoms with Crippen LogP contribution >= 0.6 is 11.6 Å². The number of carbonyl (C=O) groups excluding carboxylic acids is 3. The van der Waals surface area contributed by atoms with E-state index in [4.69, 9.17) is 21.1 Å². The topological polar surface area (TPSA) is 76.2 Å². The third-order valence-corrected chi connectivity index (χ3v) is 5.97. The molecule has 34 heavy (non-hydrogen) atoms. The molecule has 0 aromatic heterocycles. The Balaban J connectivity index is 2.38. The van der Waals surface area contributed by atoms with Gasteiger partial charge in [0.05, 0.1) is 18.8 Å². The highest BCUT2D eigenvalue weighted by molar-refractivity contribution is 6.30. The van der Waals surface area contributed by atoms with Crippen LogP contribution in [-0.2, 0) is 27.0 Å². The normalized spacial score (nSPS) is 20.7. The van der Waals surface area contributed by atoms with Gasteiger partial charge in [-0.1, -0.05) is 18.5 Å². The number of carbonyl (C=O) groups is 3. The average molecular weight is 507 g/mol. The first-order valence-electron chi connectivity index (χ1n) is 11.0. The zero-order valence-corrected chi connectivity index (χ0v) is 20.4. The molecule has 0 unspecified atom stereocenters. The van der Waals surface area contributed by atoms with Crippen molar-refractivity contribution in [2.24, 2.45) is 0 Å². The summed E-state index contributed by atoms with van der Waals surface area (Å²) in [6, 6.07) is 1.76. The second kappa shape index (κ2) is 11.8. The van der Waals surface area contributed by atoms with Gasteiger partial charge in [0, 0.05) is 36.1 Å². The van der Waals surface area contributed by atoms with E-state index < -0.39 is 36.0 Å². The van der Waals surface area contributed by atoms with E-state index in [0.717, 1.165) is 12.1 Å². The summed E-state index contributed by atoms with van der Waals surface area (Å²) in [7, 11) is 1.18. The summed E-state index contributed by atoms with van der Waals surface area (Å²) < 4.78 is 50.1. The highest BCUT2D eigenvalue weighted by atomic mass is 35.5. The number of likely N-dealkylation sites (tertiary alicyclic amines) is 1. The molecule has 1 aliphatic rings. The maximum Gasteiger partial charge on any atom is 0.416 e. The van der Waals surface area contributed by atoms with Crippen LogP contribution in [0.1, 0.15) is 57.6 Å². The van der Waals surface area contributed by atoms with Crippen molar-refractivity contribution in [3.8, 4) is 0 Å². The zero-order chi connectivity index (χ0) is 25.6. The summed E-state index contributed by atoms with van der Waals surface area (Å²) in [4.78, 5) is 39.7. The molecule has 0 aliphatic carbocycles. The minimum Gasteiger partial charge on any atom is -0.453 e. The molecular weight excluding hydrogens is 477 g/mol. The van der Waals surface area contributed by atoms with E-state index in [1.54, 1.807) is 18.7 Å². The summed E-state index contributed by atoms with van der Waals surface area (Å²) in [6.45, 7) is 5.14. The zero-order valence-electron chi connectivity index (χ0n) is 19.6. The van der Waals surface area contributed by atoms with E-state index in [1.807, 2.05) is 6.92 Å². The molecule has 1 heterocycles. The Kier molecular flexibility index (Phi) is 9.61. The molecule has 0 radical (unpaired) electrons. The van der Waals surface area contributed by atoms with Gasteiger partial charge in [0.2, 0.25) is 0 Å². The standard InChI is InChI=1S/C23H30ClF3N2O5/c1-5-18-11-20(12-19(6-7-30)29(18)22(32)34-14(2)3)28(21(31)33-4)13-15-8-16(23(25,26)27)10-17(24)9-15/h7-10,14,18-20H,5-6,11-13H2,1-4H3/t18-,19+,20+/m1/s1. The fourth-order valence-corrected chi connectivity index (χ4v) is 4.57. The number of halogens is 4. The van der Waals surface area contributed by atoms with Gasteiger partial charge in [0.25, 0.3) is 0 Å². The first kappa shape index (κ1) is 27.8. The molecule has 7 nitrogen and oxygen atoms in total. The Labute approximate surface area is 202 Å². The lowest BCUT2D eigenvalue weighted by molar-refractivity contribution is -0.137. The molecular formula is C23H30ClF3N2O5. The maximum absolute atomic E-state index is 13.3. The van der Waals surface area contributed by atoms with Crippen LogP contribution in [0.5, 0.6) is 0 Å². The Bertz CT molecular complexity index is 881. The van der Waals surface area contributed by atoms with Gasteiger partial charge >= 0.3 is 18.4 Å². The number of benzene rings is 1. The third-order valence-electron chi connectivity index (χ3n) is 5.75. The highest BCUT2D eigenvalue weighted by Crippen LogP contribution is 2.34. The van der Waals surface area contributed by atoms with Crippen LogP contribution in [0.25, 0.3) is 0 Å². The summed E-state index contributed by atoms with van der Waals surface area (Å²) in [5, 5.41) is -0.105. The molecule has 2 amide bonds. The third kappa shape index (κ3) is 7.01. The minimum atomic E-state index is -4.60. The number of piperidine rings is 1. The van der Waals surface area contributed by atoms with E-state index in [-0.39, 0.29) is 42.1 Å². The molecule has 11 heteroatoms. The van der Waals surface area contributed by atoms with Crippen molar-refractivity contribution in [3.05, 3.63) is 34.3 Å². The number of amides is 2. The van der Waals surface area contributed by atoms with Crippen molar-refractivity contribution >= 4 is 30.1 Å². The average Bonchev–Trinajstić information content (AvgIpc) is 2.75. The van der Waals surface area contributed by atoms with Gasteiger partial charge < -0.3 is 24.1 Å². The van der Waals surface area contributed by atoms with Crippen LogP contribution in [0.15, 0.2) is 18.2 Å². The number of nitrogens with zero attached hydrogens (tertiary/aromatic N) is 2. The largest absolute Gasteiger partial charge is 0.453 e. The van der Waals surface area contributed by atoms with Crippen LogP contribution in [-0.4, -0.2) is 59.6 Å². The molecule has 1 aromatic rings. The van der Waals surface area contributed by atoms with Crippen LogP contribution in [0.3, 0.4) is 0 Å². The first-order valence-corrected chi connectivity index (χ1v) is 11.4. The molecule has 0 saturated carbocycles. The maximum atomic E-state index is 13.3. The smallest absolute Gasteiger partial charge is 0.416 e. The molecule has 0 bridgehead atoms. The molecule has 1 aromatic carbocycles. The van der Waals surface area contributed by atoms with Gasteiger partial charge in [-0.3, -0.25) is 0 Å². The Hall–Kier alpha value is -2.49. The van der Waals surface area contributed by atoms with Crippen molar-refractivity contribution in [1.29, 1.82) is 0 Å². The fraction of sp³-hybridized carbons (Fsp3) is 0.609. The van der Waals surface area contributed by atoms with Gasteiger partial charge in [-0.05, 0) is 56.9 Å². The first-order chi connectivity index (χ1) is 15.9. The van der Waals surface area contributed by atoms with Crippen molar-refractivity contribution in [1.82, 2.24) is 9.80 Å². The number of aldehydes is 1. The Morgan fingerprint density at radius 1 is 1.24 bits per heavy atom. The Morgan fingerprint density at radius 3 is 2.41 bits per heavy atom. The van der Waals surface area contributed by atoms with Crippen molar-refractivity contribution in [2.45, 2.75) is 83.4 Å². The van der Waals surface area contributed by atoms with E-state index in [1.165, 1.54) is 18.1 Å². The fourth-order valence-electron chi connectivity index (χ4n) is 4.31. The molecule has 190 valence electrons. The lowest BCUT2D eigenvalue weighted by Crippen LogP contribution is -2.58. The van der Waals surface area contributed by atoms with E-state index in [9.17, 15) is 27.6 Å². The van der Waals surface area contributed by atoms with Gasteiger partial charge in [-0.2, -0.15) is 13.2 Å². The van der Waals surface area contributed by atoms with E-state index in [2.05, 4.69) is 0 Å². The van der Waals surface area contributed by atoms with Crippen LogP contribution < -0.4 is 0 Å². The van der Waals surface area contributed by atoms with Crippen molar-refractivity contribution < 1.29 is 37.0 Å². The molecule has 0 N–H and O–H groups in total. The number of hydrogen-bond donors (Lipinski definition) is 0. The second-order valence-corrected chi connectivity index (χ2v) is 8.96. The van der Waals surface area contributed by atoms with Gasteiger partial charge in [0.1, 0.15) is 6.29 Å². The number of ether oxygens (including phenoxy) is 2. The molecule has 2 rings (SSSR count). The lowest BCUT2D eigenvalue weighted by Gasteiger charge is -2.46. The molecule has 1 saturated heterocycles. The van der Waals surface area contributed by atoms with E-state index in [0.29, 0.717) is 19.1 Å². The molecule has 3 atom stereocenters. The number of rotatable bonds is 7. The van der Waals surface area contributed by atoms with Gasteiger partial charge in [-0.25, -0.2) is 9.59 Å². The van der Waals surface area contributed by atoms with Crippen molar-refractivity contribution in [3.63, 3.8) is 0 Å². The summed E-state index contributed by atoms with van der Waals surface area (Å²) >= 11 is 5.91. The SMILES string of the molecule is CC[C@@H]1C[C@H](N(Cc2cc(Cl)cc(C(F)(F)F)c2)C(=O)OC)C[C@H](CC=O)N1C(=O)OC(C)C. The minimum absolute atomic E-state index is 0.0323. The van der Waals surface area contributed by atoms with Crippen molar-refractivity contribution in [2.75, 3.05) is 7.11 Å². The molecule has 0 spiro atoms. The van der Waals surface area contributed by atoms with Gasteiger partial charge in [0.15, 0.2) is 0 Å². The molecule has 1 aliphatic heterocycles. The number of alkyl halides is 3. The monoisotopic (exact) mass is 506 g/mol. The highest BCUT2D eigenvalue weighted by Gasteiger charge is 2.42. The number of hydrogen-bond acceptors (Lipinski definition) is 5. The summed E-state index contributed by atoms with van der Waals surface area (Å²) in [6.07, 6.45) is -4.36. The summed E-state index contributed by atoms with van der Waals surface area (Å²) in [5.41, 5.74) is -0.733. The second-order valence-electron chi connectivity index (χ2n) is 8.53.